The number of nitrogens with zero attached hydrogens (tertiary/aromatic N) is 2. The quantitative estimate of drug-likeness (QED) is 0.319. The number of carbonyl (C=O) groups excluding carboxylic acids is 2. The van der Waals surface area contributed by atoms with Gasteiger partial charge in [0.15, 0.2) is 0 Å². The third kappa shape index (κ3) is 5.33. The fourth-order valence-corrected chi connectivity index (χ4v) is 3.21. The van der Waals surface area contributed by atoms with Crippen molar-refractivity contribution in [2.45, 2.75) is 26.1 Å². The van der Waals surface area contributed by atoms with Gasteiger partial charge in [-0.15, -0.1) is 0 Å². The van der Waals surface area contributed by atoms with Crippen LogP contribution in [0, 0.1) is 0 Å². The van der Waals surface area contributed by atoms with Gasteiger partial charge in [-0.1, -0.05) is 18.2 Å². The summed E-state index contributed by atoms with van der Waals surface area (Å²) in [5.41, 5.74) is 0.513. The lowest BCUT2D eigenvalue weighted by atomic mass is 10.1. The molecule has 2 heterocycles. The molecule has 7 nitrogen and oxygen atoms in total. The lowest BCUT2D eigenvalue weighted by Gasteiger charge is -2.32. The van der Waals surface area contributed by atoms with Crippen molar-refractivity contribution in [2.24, 2.45) is 0 Å². The van der Waals surface area contributed by atoms with Gasteiger partial charge in [0.05, 0.1) is 6.61 Å². The van der Waals surface area contributed by atoms with Crippen LogP contribution in [0.3, 0.4) is 0 Å². The van der Waals surface area contributed by atoms with Crippen LogP contribution in [-0.2, 0) is 19.1 Å². The Kier molecular flexibility index (Phi) is 6.36. The molecule has 0 aromatic heterocycles. The number of esters is 2. The Bertz CT molecular complexity index is 729. The molecule has 0 saturated carbocycles. The van der Waals surface area contributed by atoms with Crippen molar-refractivity contribution in [3.63, 3.8) is 0 Å². The number of rotatable bonds is 6. The Morgan fingerprint density at radius 3 is 2.39 bits per heavy atom. The third-order valence-electron chi connectivity index (χ3n) is 4.81. The largest absolute Gasteiger partial charge is 0.493 e. The van der Waals surface area contributed by atoms with E-state index in [1.54, 1.807) is 6.07 Å². The molecule has 0 radical (unpaired) electrons. The lowest BCUT2D eigenvalue weighted by molar-refractivity contribution is -0.222. The van der Waals surface area contributed by atoms with Gasteiger partial charge in [-0.05, 0) is 25.6 Å². The van der Waals surface area contributed by atoms with E-state index in [1.807, 2.05) is 18.2 Å². The van der Waals surface area contributed by atoms with E-state index in [0.717, 1.165) is 39.1 Å². The molecule has 7 heteroatoms. The van der Waals surface area contributed by atoms with E-state index in [-0.39, 0.29) is 5.57 Å². The first-order chi connectivity index (χ1) is 13.3. The van der Waals surface area contributed by atoms with E-state index >= 15 is 0 Å². The zero-order chi connectivity index (χ0) is 20.1. The van der Waals surface area contributed by atoms with Gasteiger partial charge in [0, 0.05) is 52.1 Å². The predicted octanol–water partition coefficient (Wildman–Crippen LogP) is 1.92. The molecule has 0 amide bonds. The molecule has 0 unspecified atom stereocenters. The molecule has 1 aromatic rings. The standard InChI is InChI=1S/C21H28N2O5/c1-21(2)27-19(24)17(20(25)28-21)15-16-7-4-5-8-18(16)26-14-6-9-23-12-10-22(3)11-13-23/h4-5,7-8,15H,6,9-14H2,1-3H3. The van der Waals surface area contributed by atoms with Gasteiger partial charge in [0.2, 0.25) is 0 Å². The SMILES string of the molecule is CN1CCN(CCCOc2ccccc2C=C2C(=O)OC(C)(C)OC2=O)CC1. The molecule has 0 bridgehead atoms. The van der Waals surface area contributed by atoms with E-state index in [4.69, 9.17) is 14.2 Å². The molecule has 2 aliphatic rings. The minimum atomic E-state index is -1.25. The minimum absolute atomic E-state index is 0.132. The Labute approximate surface area is 165 Å². The Morgan fingerprint density at radius 2 is 1.71 bits per heavy atom. The maximum atomic E-state index is 12.2. The maximum Gasteiger partial charge on any atom is 0.348 e. The van der Waals surface area contributed by atoms with Gasteiger partial charge in [-0.3, -0.25) is 0 Å². The van der Waals surface area contributed by atoms with Crippen molar-refractivity contribution in [1.82, 2.24) is 9.80 Å². The smallest absolute Gasteiger partial charge is 0.348 e. The van der Waals surface area contributed by atoms with Crippen LogP contribution in [0.5, 0.6) is 5.75 Å². The number of carbonyl (C=O) groups is 2. The zero-order valence-electron chi connectivity index (χ0n) is 16.8. The third-order valence-corrected chi connectivity index (χ3v) is 4.81. The van der Waals surface area contributed by atoms with E-state index in [0.29, 0.717) is 17.9 Å². The Morgan fingerprint density at radius 1 is 1.07 bits per heavy atom. The summed E-state index contributed by atoms with van der Waals surface area (Å²) >= 11 is 0. The Balaban J connectivity index is 1.59. The van der Waals surface area contributed by atoms with E-state index in [2.05, 4.69) is 16.8 Å². The van der Waals surface area contributed by atoms with Crippen LogP contribution in [0.15, 0.2) is 29.8 Å². The Hall–Kier alpha value is -2.38. The van der Waals surface area contributed by atoms with Crippen molar-refractivity contribution in [2.75, 3.05) is 46.4 Å². The number of likely N-dealkylation sites (N-methyl/N-ethyl adjacent to an activating group) is 1. The zero-order valence-corrected chi connectivity index (χ0v) is 16.8. The summed E-state index contributed by atoms with van der Waals surface area (Å²) < 4.78 is 16.2. The lowest BCUT2D eigenvalue weighted by Crippen LogP contribution is -2.44. The topological polar surface area (TPSA) is 68.3 Å². The highest BCUT2D eigenvalue weighted by molar-refractivity contribution is 6.19. The second-order valence-corrected chi connectivity index (χ2v) is 7.62. The van der Waals surface area contributed by atoms with Crippen molar-refractivity contribution < 1.29 is 23.8 Å². The van der Waals surface area contributed by atoms with Crippen LogP contribution in [0.1, 0.15) is 25.8 Å². The molecule has 28 heavy (non-hydrogen) atoms. The first-order valence-electron chi connectivity index (χ1n) is 9.65. The molecule has 2 fully saturated rings. The number of hydrogen-bond donors (Lipinski definition) is 0. The van der Waals surface area contributed by atoms with Crippen LogP contribution in [0.4, 0.5) is 0 Å². The average molecular weight is 388 g/mol. The van der Waals surface area contributed by atoms with Crippen LogP contribution in [0.2, 0.25) is 0 Å². The molecule has 0 spiro atoms. The molecule has 2 saturated heterocycles. The highest BCUT2D eigenvalue weighted by Gasteiger charge is 2.38. The number of cyclic esters (lactones) is 2. The monoisotopic (exact) mass is 388 g/mol. The molecule has 0 N–H and O–H groups in total. The molecular formula is C21H28N2O5. The summed E-state index contributed by atoms with van der Waals surface area (Å²) in [7, 11) is 2.14. The van der Waals surface area contributed by atoms with Crippen molar-refractivity contribution in [1.29, 1.82) is 0 Å². The van der Waals surface area contributed by atoms with Crippen molar-refractivity contribution >= 4 is 18.0 Å². The van der Waals surface area contributed by atoms with E-state index in [9.17, 15) is 9.59 Å². The second-order valence-electron chi connectivity index (χ2n) is 7.62. The van der Waals surface area contributed by atoms with Crippen LogP contribution in [-0.4, -0.2) is 73.9 Å². The van der Waals surface area contributed by atoms with Gasteiger partial charge in [-0.25, -0.2) is 9.59 Å². The number of para-hydroxylation sites is 1. The van der Waals surface area contributed by atoms with Gasteiger partial charge in [0.25, 0.3) is 5.79 Å². The summed E-state index contributed by atoms with van der Waals surface area (Å²) in [6.07, 6.45) is 2.38. The molecule has 2 aliphatic heterocycles. The first-order valence-corrected chi connectivity index (χ1v) is 9.65. The molecule has 3 rings (SSSR count). The fourth-order valence-electron chi connectivity index (χ4n) is 3.21. The summed E-state index contributed by atoms with van der Waals surface area (Å²) in [5, 5.41) is 0. The van der Waals surface area contributed by atoms with Crippen LogP contribution < -0.4 is 4.74 Å². The summed E-state index contributed by atoms with van der Waals surface area (Å²) in [6, 6.07) is 7.31. The summed E-state index contributed by atoms with van der Waals surface area (Å²) in [5.74, 6) is -2.00. The van der Waals surface area contributed by atoms with Crippen LogP contribution in [0.25, 0.3) is 6.08 Å². The summed E-state index contributed by atoms with van der Waals surface area (Å²) in [6.45, 7) is 8.97. The second kappa shape index (κ2) is 8.75. The first kappa shape index (κ1) is 20.4. The normalized spacial score (nSPS) is 20.5. The van der Waals surface area contributed by atoms with Crippen molar-refractivity contribution in [3.05, 3.63) is 35.4 Å². The number of piperazine rings is 1. The number of hydrogen-bond acceptors (Lipinski definition) is 7. The van der Waals surface area contributed by atoms with Crippen molar-refractivity contribution in [3.8, 4) is 5.75 Å². The van der Waals surface area contributed by atoms with Gasteiger partial charge in [0.1, 0.15) is 11.3 Å². The molecule has 1 aromatic carbocycles. The van der Waals surface area contributed by atoms with E-state index in [1.165, 1.54) is 19.9 Å². The molecular weight excluding hydrogens is 360 g/mol. The minimum Gasteiger partial charge on any atom is -0.493 e. The highest BCUT2D eigenvalue weighted by Crippen LogP contribution is 2.27. The molecule has 0 aliphatic carbocycles. The van der Waals surface area contributed by atoms with Gasteiger partial charge in [-0.2, -0.15) is 0 Å². The average Bonchev–Trinajstić information content (AvgIpc) is 2.63. The highest BCUT2D eigenvalue weighted by atomic mass is 16.7. The predicted molar refractivity (Wildman–Crippen MR) is 105 cm³/mol. The van der Waals surface area contributed by atoms with Gasteiger partial charge >= 0.3 is 11.9 Å². The fraction of sp³-hybridized carbons (Fsp3) is 0.524. The van der Waals surface area contributed by atoms with Crippen LogP contribution >= 0.6 is 0 Å². The maximum absolute atomic E-state index is 12.2. The number of benzene rings is 1. The van der Waals surface area contributed by atoms with Gasteiger partial charge < -0.3 is 24.0 Å². The molecule has 0 atom stereocenters. The van der Waals surface area contributed by atoms with E-state index < -0.39 is 17.7 Å². The molecule has 152 valence electrons. The number of ether oxygens (including phenoxy) is 3. The summed E-state index contributed by atoms with van der Waals surface area (Å²) in [4.78, 5) is 29.1.